The molecule has 2 fully saturated rings. The van der Waals surface area contributed by atoms with Gasteiger partial charge < -0.3 is 0 Å². The molecule has 4 atom stereocenters. The number of benzene rings is 2. The number of hydrogen-bond acceptors (Lipinski definition) is 0. The van der Waals surface area contributed by atoms with Gasteiger partial charge in [0.2, 0.25) is 0 Å². The zero-order chi connectivity index (χ0) is 19.5. The fourth-order valence-corrected chi connectivity index (χ4v) is 5.22. The van der Waals surface area contributed by atoms with Crippen LogP contribution in [0.25, 0.3) is 0 Å². The van der Waals surface area contributed by atoms with Crippen LogP contribution in [0.4, 0.5) is 8.78 Å². The van der Waals surface area contributed by atoms with E-state index in [-0.39, 0.29) is 0 Å². The van der Waals surface area contributed by atoms with Crippen molar-refractivity contribution in [1.29, 1.82) is 0 Å². The van der Waals surface area contributed by atoms with Crippen molar-refractivity contribution in [2.75, 3.05) is 0 Å². The summed E-state index contributed by atoms with van der Waals surface area (Å²) >= 11 is 0. The first-order valence-electron chi connectivity index (χ1n) is 10.7. The van der Waals surface area contributed by atoms with E-state index in [1.165, 1.54) is 56.6 Å². The average Bonchev–Trinajstić information content (AvgIpc) is 2.74. The first-order valence-corrected chi connectivity index (χ1v) is 10.7. The van der Waals surface area contributed by atoms with Crippen LogP contribution in [0.1, 0.15) is 74.5 Å². The van der Waals surface area contributed by atoms with Gasteiger partial charge in [-0.05, 0) is 91.7 Å². The van der Waals surface area contributed by atoms with Crippen molar-refractivity contribution in [3.05, 3.63) is 70.8 Å². The minimum Gasteiger partial charge on any atom is -0.204 e. The summed E-state index contributed by atoms with van der Waals surface area (Å²) in [7, 11) is 0. The third-order valence-electron chi connectivity index (χ3n) is 6.95. The van der Waals surface area contributed by atoms with Crippen LogP contribution in [-0.2, 0) is 0 Å². The molecule has 2 aliphatic rings. The Morgan fingerprint density at radius 3 is 2.21 bits per heavy atom. The van der Waals surface area contributed by atoms with E-state index in [1.54, 1.807) is 0 Å². The largest absolute Gasteiger partial charge is 0.204 e. The van der Waals surface area contributed by atoms with E-state index >= 15 is 0 Å². The Kier molecular flexibility index (Phi) is 5.81. The third-order valence-corrected chi connectivity index (χ3v) is 6.95. The Labute approximate surface area is 167 Å². The van der Waals surface area contributed by atoms with Gasteiger partial charge in [-0.15, -0.1) is 0 Å². The Morgan fingerprint density at radius 2 is 1.46 bits per heavy atom. The zero-order valence-corrected chi connectivity index (χ0v) is 16.6. The highest BCUT2D eigenvalue weighted by molar-refractivity contribution is 5.44. The predicted octanol–water partition coefficient (Wildman–Crippen LogP) is 7.07. The van der Waals surface area contributed by atoms with Gasteiger partial charge in [0.15, 0.2) is 11.6 Å². The lowest BCUT2D eigenvalue weighted by Gasteiger charge is -2.42. The second-order valence-corrected chi connectivity index (χ2v) is 8.62. The summed E-state index contributed by atoms with van der Waals surface area (Å²) in [6.45, 7) is 2.34. The van der Waals surface area contributed by atoms with Gasteiger partial charge >= 0.3 is 0 Å². The molecule has 2 saturated carbocycles. The molecule has 0 heterocycles. The Bertz CT molecular complexity index is 872. The van der Waals surface area contributed by atoms with Crippen molar-refractivity contribution in [3.8, 4) is 11.8 Å². The van der Waals surface area contributed by atoms with Crippen molar-refractivity contribution in [3.63, 3.8) is 0 Å². The van der Waals surface area contributed by atoms with E-state index < -0.39 is 11.6 Å². The van der Waals surface area contributed by atoms with E-state index in [9.17, 15) is 8.78 Å². The number of halogens is 2. The Morgan fingerprint density at radius 1 is 0.786 bits per heavy atom. The smallest absolute Gasteiger partial charge is 0.160 e. The highest BCUT2D eigenvalue weighted by atomic mass is 19.2. The van der Waals surface area contributed by atoms with Crippen molar-refractivity contribution >= 4 is 0 Å². The van der Waals surface area contributed by atoms with Crippen LogP contribution in [0.3, 0.4) is 0 Å². The normalized spacial score (nSPS) is 26.8. The average molecular weight is 379 g/mol. The molecular weight excluding hydrogens is 350 g/mol. The quantitative estimate of drug-likeness (QED) is 0.490. The molecular formula is C26H28F2. The monoisotopic (exact) mass is 378 g/mol. The first kappa shape index (κ1) is 19.2. The van der Waals surface area contributed by atoms with Gasteiger partial charge in [-0.1, -0.05) is 43.7 Å². The van der Waals surface area contributed by atoms with Gasteiger partial charge in [-0.3, -0.25) is 0 Å². The standard InChI is InChI=1S/C26H28F2/c1-2-18-5-11-24-17-23(13-12-22(24)15-18)21-9-6-19(7-10-21)3-4-20-8-14-25(27)26(28)16-20/h6-10,14,16,18,22-24H,2,5,11-13,15,17H2,1H3/t18?,22-,23-,24-/m1/s1. The molecule has 2 aromatic rings. The fourth-order valence-electron chi connectivity index (χ4n) is 5.22. The van der Waals surface area contributed by atoms with Gasteiger partial charge in [-0.25, -0.2) is 8.78 Å². The highest BCUT2D eigenvalue weighted by Crippen LogP contribution is 2.48. The van der Waals surface area contributed by atoms with Crippen LogP contribution >= 0.6 is 0 Å². The molecule has 0 radical (unpaired) electrons. The minimum absolute atomic E-state index is 0.490. The second kappa shape index (κ2) is 8.48. The molecule has 0 saturated heterocycles. The van der Waals surface area contributed by atoms with Gasteiger partial charge in [-0.2, -0.15) is 0 Å². The van der Waals surface area contributed by atoms with Crippen LogP contribution in [0.5, 0.6) is 0 Å². The van der Waals surface area contributed by atoms with E-state index in [2.05, 4.69) is 43.0 Å². The van der Waals surface area contributed by atoms with Gasteiger partial charge in [0.25, 0.3) is 0 Å². The van der Waals surface area contributed by atoms with Gasteiger partial charge in [0.1, 0.15) is 0 Å². The SMILES string of the molecule is CCC1CC[C@@H]2C[C@H](c3ccc(C#Cc4ccc(F)c(F)c4)cc3)CC[C@@H]2C1. The van der Waals surface area contributed by atoms with Crippen molar-refractivity contribution < 1.29 is 8.78 Å². The molecule has 0 spiro atoms. The van der Waals surface area contributed by atoms with Gasteiger partial charge in [0, 0.05) is 11.1 Å². The molecule has 2 heteroatoms. The molecule has 28 heavy (non-hydrogen) atoms. The summed E-state index contributed by atoms with van der Waals surface area (Å²) in [5, 5.41) is 0. The van der Waals surface area contributed by atoms with Crippen molar-refractivity contribution in [2.24, 2.45) is 17.8 Å². The third kappa shape index (κ3) is 4.30. The molecule has 0 aliphatic heterocycles. The highest BCUT2D eigenvalue weighted by Gasteiger charge is 2.35. The van der Waals surface area contributed by atoms with Crippen LogP contribution in [-0.4, -0.2) is 0 Å². The Hall–Kier alpha value is -2.14. The van der Waals surface area contributed by atoms with Crippen LogP contribution in [0.2, 0.25) is 0 Å². The van der Waals surface area contributed by atoms with E-state index in [1.807, 2.05) is 0 Å². The molecule has 1 unspecified atom stereocenters. The number of fused-ring (bicyclic) bond motifs is 1. The molecule has 4 rings (SSSR count). The summed E-state index contributed by atoms with van der Waals surface area (Å²) in [4.78, 5) is 0. The van der Waals surface area contributed by atoms with Crippen molar-refractivity contribution in [2.45, 2.75) is 57.8 Å². The van der Waals surface area contributed by atoms with E-state index in [0.29, 0.717) is 11.5 Å². The molecule has 146 valence electrons. The minimum atomic E-state index is -0.856. The van der Waals surface area contributed by atoms with Crippen LogP contribution < -0.4 is 0 Å². The molecule has 0 aromatic heterocycles. The summed E-state index contributed by atoms with van der Waals surface area (Å²) < 4.78 is 26.3. The summed E-state index contributed by atoms with van der Waals surface area (Å²) in [5.74, 6) is 7.78. The molecule has 0 amide bonds. The molecule has 2 aliphatic carbocycles. The van der Waals surface area contributed by atoms with E-state index in [0.717, 1.165) is 35.4 Å². The maximum Gasteiger partial charge on any atom is 0.160 e. The lowest BCUT2D eigenvalue weighted by Crippen LogP contribution is -2.30. The molecule has 0 N–H and O–H groups in total. The maximum atomic E-state index is 13.3. The van der Waals surface area contributed by atoms with Crippen molar-refractivity contribution in [1.82, 2.24) is 0 Å². The first-order chi connectivity index (χ1) is 13.6. The lowest BCUT2D eigenvalue weighted by molar-refractivity contribution is 0.116. The predicted molar refractivity (Wildman–Crippen MR) is 110 cm³/mol. The van der Waals surface area contributed by atoms with Gasteiger partial charge in [0.05, 0.1) is 0 Å². The summed E-state index contributed by atoms with van der Waals surface area (Å²) in [5.41, 5.74) is 2.82. The maximum absolute atomic E-state index is 13.3. The van der Waals surface area contributed by atoms with E-state index in [4.69, 9.17) is 0 Å². The lowest BCUT2D eigenvalue weighted by atomic mass is 9.63. The topological polar surface area (TPSA) is 0 Å². The Balaban J connectivity index is 1.40. The summed E-state index contributed by atoms with van der Waals surface area (Å²) in [6, 6.07) is 12.3. The second-order valence-electron chi connectivity index (χ2n) is 8.62. The zero-order valence-electron chi connectivity index (χ0n) is 16.6. The van der Waals surface area contributed by atoms with Crippen LogP contribution in [0.15, 0.2) is 42.5 Å². The number of rotatable bonds is 2. The van der Waals surface area contributed by atoms with Crippen LogP contribution in [0, 0.1) is 41.2 Å². The molecule has 0 bridgehead atoms. The molecule has 2 aromatic carbocycles. The number of hydrogen-bond donors (Lipinski definition) is 0. The fraction of sp³-hybridized carbons (Fsp3) is 0.462. The summed E-state index contributed by atoms with van der Waals surface area (Å²) in [6.07, 6.45) is 9.65. The molecule has 0 nitrogen and oxygen atoms in total.